The predicted octanol–water partition coefficient (Wildman–Crippen LogP) is 4.74. The molecule has 1 saturated heterocycles. The Morgan fingerprint density at radius 3 is 2.72 bits per heavy atom. The zero-order chi connectivity index (χ0) is 12.4. The third kappa shape index (κ3) is 2.61. The molecule has 0 saturated carbocycles. The Labute approximate surface area is 117 Å². The summed E-state index contributed by atoms with van der Waals surface area (Å²) in [5.74, 6) is 0. The molecule has 1 unspecified atom stereocenters. The van der Waals surface area contributed by atoms with Crippen molar-refractivity contribution < 1.29 is 0 Å². The molecule has 1 atom stereocenters. The maximum Gasteiger partial charge on any atom is 0.0931 e. The van der Waals surface area contributed by atoms with Crippen LogP contribution in [0.4, 0.5) is 0 Å². The molecule has 2 aromatic rings. The first-order valence-electron chi connectivity index (χ1n) is 6.36. The van der Waals surface area contributed by atoms with E-state index in [2.05, 4.69) is 41.3 Å². The molecule has 0 amide bonds. The second-order valence-electron chi connectivity index (χ2n) is 4.75. The Hall–Kier alpha value is -0.830. The van der Waals surface area contributed by atoms with E-state index in [0.29, 0.717) is 6.04 Å². The molecule has 1 fully saturated rings. The van der Waals surface area contributed by atoms with E-state index >= 15 is 0 Å². The van der Waals surface area contributed by atoms with Gasteiger partial charge >= 0.3 is 0 Å². The Bertz CT molecular complexity index is 508. The van der Waals surface area contributed by atoms with Gasteiger partial charge in [0.05, 0.1) is 4.34 Å². The van der Waals surface area contributed by atoms with Crippen LogP contribution in [0.5, 0.6) is 0 Å². The third-order valence-corrected chi connectivity index (χ3v) is 4.75. The fourth-order valence-corrected chi connectivity index (χ4v) is 3.82. The van der Waals surface area contributed by atoms with E-state index in [1.54, 1.807) is 11.3 Å². The minimum Gasteiger partial charge on any atom is -0.291 e. The fourth-order valence-electron chi connectivity index (χ4n) is 2.70. The zero-order valence-electron chi connectivity index (χ0n) is 10.2. The highest BCUT2D eigenvalue weighted by Crippen LogP contribution is 2.34. The normalized spacial score (nSPS) is 20.4. The summed E-state index contributed by atoms with van der Waals surface area (Å²) in [5, 5.41) is 0. The molecule has 3 rings (SSSR count). The summed E-state index contributed by atoms with van der Waals surface area (Å²) in [7, 11) is 0. The highest BCUT2D eigenvalue weighted by Gasteiger charge is 2.25. The first-order valence-corrected chi connectivity index (χ1v) is 7.55. The molecule has 1 aromatic carbocycles. The second-order valence-corrected chi connectivity index (χ2v) is 6.54. The smallest absolute Gasteiger partial charge is 0.0931 e. The standard InChI is InChI=1S/C15H16ClNS/c16-15-9-8-13(18-15)11-17-10-4-7-14(17)12-5-2-1-3-6-12/h1-3,5-6,8-9,14H,4,7,10-11H2. The number of rotatable bonds is 3. The molecule has 1 aliphatic rings. The Balaban J connectivity index is 1.75. The van der Waals surface area contributed by atoms with Gasteiger partial charge < -0.3 is 0 Å². The maximum absolute atomic E-state index is 6.00. The fraction of sp³-hybridized carbons (Fsp3) is 0.333. The van der Waals surface area contributed by atoms with Gasteiger partial charge in [0, 0.05) is 17.5 Å². The van der Waals surface area contributed by atoms with E-state index in [4.69, 9.17) is 11.6 Å². The number of hydrogen-bond donors (Lipinski definition) is 0. The zero-order valence-corrected chi connectivity index (χ0v) is 11.8. The Kier molecular flexibility index (Phi) is 3.69. The van der Waals surface area contributed by atoms with E-state index in [1.807, 2.05) is 6.07 Å². The number of halogens is 1. The molecule has 94 valence electrons. The highest BCUT2D eigenvalue weighted by atomic mass is 35.5. The van der Waals surface area contributed by atoms with E-state index in [9.17, 15) is 0 Å². The SMILES string of the molecule is Clc1ccc(CN2CCCC2c2ccccc2)s1. The summed E-state index contributed by atoms with van der Waals surface area (Å²) in [6, 6.07) is 15.5. The van der Waals surface area contributed by atoms with Crippen molar-refractivity contribution in [3.63, 3.8) is 0 Å². The molecule has 0 spiro atoms. The summed E-state index contributed by atoms with van der Waals surface area (Å²) < 4.78 is 0.889. The summed E-state index contributed by atoms with van der Waals surface area (Å²) in [6.45, 7) is 2.21. The van der Waals surface area contributed by atoms with Crippen LogP contribution in [0.25, 0.3) is 0 Å². The average molecular weight is 278 g/mol. The summed E-state index contributed by atoms with van der Waals surface area (Å²) in [5.41, 5.74) is 1.44. The molecule has 3 heteroatoms. The van der Waals surface area contributed by atoms with Crippen LogP contribution in [0.1, 0.15) is 29.3 Å². The number of thiophene rings is 1. The lowest BCUT2D eigenvalue weighted by Gasteiger charge is -2.24. The molecule has 0 bridgehead atoms. The van der Waals surface area contributed by atoms with Crippen molar-refractivity contribution in [3.05, 3.63) is 57.2 Å². The summed E-state index contributed by atoms with van der Waals surface area (Å²) >= 11 is 7.69. The minimum absolute atomic E-state index is 0.576. The topological polar surface area (TPSA) is 3.24 Å². The van der Waals surface area contributed by atoms with Gasteiger partial charge in [-0.2, -0.15) is 0 Å². The van der Waals surface area contributed by atoms with Gasteiger partial charge in [0.2, 0.25) is 0 Å². The molecular weight excluding hydrogens is 262 g/mol. The Morgan fingerprint density at radius 1 is 1.17 bits per heavy atom. The van der Waals surface area contributed by atoms with Crippen LogP contribution in [0.15, 0.2) is 42.5 Å². The van der Waals surface area contributed by atoms with Crippen LogP contribution < -0.4 is 0 Å². The molecule has 2 heterocycles. The Morgan fingerprint density at radius 2 is 2.00 bits per heavy atom. The van der Waals surface area contributed by atoms with Crippen molar-refractivity contribution in [1.82, 2.24) is 4.90 Å². The molecule has 0 radical (unpaired) electrons. The maximum atomic E-state index is 6.00. The summed E-state index contributed by atoms with van der Waals surface area (Å²) in [4.78, 5) is 3.93. The monoisotopic (exact) mass is 277 g/mol. The highest BCUT2D eigenvalue weighted by molar-refractivity contribution is 7.16. The van der Waals surface area contributed by atoms with Gasteiger partial charge in [0.25, 0.3) is 0 Å². The lowest BCUT2D eigenvalue weighted by Crippen LogP contribution is -2.22. The average Bonchev–Trinajstić information content (AvgIpc) is 3.00. The number of benzene rings is 1. The first-order chi connectivity index (χ1) is 8.83. The third-order valence-electron chi connectivity index (χ3n) is 3.54. The van der Waals surface area contributed by atoms with E-state index in [-0.39, 0.29) is 0 Å². The molecule has 1 aromatic heterocycles. The van der Waals surface area contributed by atoms with Gasteiger partial charge in [-0.25, -0.2) is 0 Å². The van der Waals surface area contributed by atoms with Crippen molar-refractivity contribution in [2.24, 2.45) is 0 Å². The number of hydrogen-bond acceptors (Lipinski definition) is 2. The molecule has 1 aliphatic heterocycles. The molecule has 18 heavy (non-hydrogen) atoms. The predicted molar refractivity (Wildman–Crippen MR) is 78.2 cm³/mol. The van der Waals surface area contributed by atoms with E-state index in [1.165, 1.54) is 29.8 Å². The van der Waals surface area contributed by atoms with Crippen LogP contribution in [0.3, 0.4) is 0 Å². The molecular formula is C15H16ClNS. The van der Waals surface area contributed by atoms with Gasteiger partial charge in [-0.3, -0.25) is 4.90 Å². The van der Waals surface area contributed by atoms with Gasteiger partial charge in [-0.15, -0.1) is 11.3 Å². The van der Waals surface area contributed by atoms with Crippen LogP contribution in [0.2, 0.25) is 4.34 Å². The van der Waals surface area contributed by atoms with Crippen LogP contribution in [-0.2, 0) is 6.54 Å². The minimum atomic E-state index is 0.576. The van der Waals surface area contributed by atoms with E-state index < -0.39 is 0 Å². The number of nitrogens with zero attached hydrogens (tertiary/aromatic N) is 1. The molecule has 0 aliphatic carbocycles. The van der Waals surface area contributed by atoms with Crippen molar-refractivity contribution >= 4 is 22.9 Å². The molecule has 0 N–H and O–H groups in total. The quantitative estimate of drug-likeness (QED) is 0.783. The van der Waals surface area contributed by atoms with Crippen LogP contribution >= 0.6 is 22.9 Å². The van der Waals surface area contributed by atoms with Gasteiger partial charge in [0.1, 0.15) is 0 Å². The first kappa shape index (κ1) is 12.2. The van der Waals surface area contributed by atoms with Crippen LogP contribution in [-0.4, -0.2) is 11.4 Å². The van der Waals surface area contributed by atoms with Gasteiger partial charge in [0.15, 0.2) is 0 Å². The lowest BCUT2D eigenvalue weighted by molar-refractivity contribution is 0.251. The van der Waals surface area contributed by atoms with Crippen molar-refractivity contribution in [2.45, 2.75) is 25.4 Å². The summed E-state index contributed by atoms with van der Waals surface area (Å²) in [6.07, 6.45) is 2.56. The largest absolute Gasteiger partial charge is 0.291 e. The second kappa shape index (κ2) is 5.43. The van der Waals surface area contributed by atoms with Crippen molar-refractivity contribution in [3.8, 4) is 0 Å². The van der Waals surface area contributed by atoms with Crippen molar-refractivity contribution in [1.29, 1.82) is 0 Å². The van der Waals surface area contributed by atoms with Gasteiger partial charge in [-0.1, -0.05) is 41.9 Å². The van der Waals surface area contributed by atoms with Crippen molar-refractivity contribution in [2.75, 3.05) is 6.54 Å². The van der Waals surface area contributed by atoms with Crippen LogP contribution in [0, 0.1) is 0 Å². The van der Waals surface area contributed by atoms with Gasteiger partial charge in [-0.05, 0) is 37.1 Å². The number of likely N-dealkylation sites (tertiary alicyclic amines) is 1. The molecule has 1 nitrogen and oxygen atoms in total. The lowest BCUT2D eigenvalue weighted by atomic mass is 10.0. The van der Waals surface area contributed by atoms with E-state index in [0.717, 1.165) is 10.9 Å².